The lowest BCUT2D eigenvalue weighted by molar-refractivity contribution is 0.189. The Morgan fingerprint density at radius 1 is 1.12 bits per heavy atom. The molecule has 3 aliphatic rings. The van der Waals surface area contributed by atoms with Crippen molar-refractivity contribution < 1.29 is 0 Å². The highest BCUT2D eigenvalue weighted by molar-refractivity contribution is 4.96. The van der Waals surface area contributed by atoms with Crippen LogP contribution in [0.4, 0.5) is 0 Å². The van der Waals surface area contributed by atoms with Gasteiger partial charge in [-0.1, -0.05) is 6.92 Å². The molecule has 0 bridgehead atoms. The number of nitrogens with zero attached hydrogens (tertiary/aromatic N) is 2. The third-order valence-electron chi connectivity index (χ3n) is 5.15. The maximum Gasteiger partial charge on any atom is 0.0223 e. The van der Waals surface area contributed by atoms with Gasteiger partial charge in [0.05, 0.1) is 0 Å². The van der Waals surface area contributed by atoms with E-state index in [-0.39, 0.29) is 0 Å². The molecule has 2 nitrogen and oxygen atoms in total. The Morgan fingerprint density at radius 2 is 1.94 bits per heavy atom. The third kappa shape index (κ3) is 2.14. The second kappa shape index (κ2) is 4.30. The average molecular weight is 222 g/mol. The van der Waals surface area contributed by atoms with Gasteiger partial charge in [-0.05, 0) is 63.6 Å². The smallest absolute Gasteiger partial charge is 0.0223 e. The van der Waals surface area contributed by atoms with Gasteiger partial charge in [0.15, 0.2) is 0 Å². The highest BCUT2D eigenvalue weighted by Gasteiger charge is 2.42. The normalized spacial score (nSPS) is 34.7. The van der Waals surface area contributed by atoms with E-state index in [2.05, 4.69) is 16.7 Å². The van der Waals surface area contributed by atoms with Crippen molar-refractivity contribution in [3.05, 3.63) is 0 Å². The van der Waals surface area contributed by atoms with Gasteiger partial charge >= 0.3 is 0 Å². The maximum absolute atomic E-state index is 2.78. The minimum absolute atomic E-state index is 0.744. The second-order valence-corrected chi connectivity index (χ2v) is 6.27. The fourth-order valence-corrected chi connectivity index (χ4v) is 3.70. The van der Waals surface area contributed by atoms with Crippen molar-refractivity contribution in [2.45, 2.75) is 51.5 Å². The van der Waals surface area contributed by atoms with Crippen LogP contribution in [0.25, 0.3) is 0 Å². The van der Waals surface area contributed by atoms with Gasteiger partial charge < -0.3 is 4.90 Å². The number of rotatable bonds is 3. The van der Waals surface area contributed by atoms with Gasteiger partial charge in [-0.15, -0.1) is 0 Å². The number of hydrogen-bond donors (Lipinski definition) is 0. The predicted octanol–water partition coefficient (Wildman–Crippen LogP) is 2.35. The van der Waals surface area contributed by atoms with E-state index in [9.17, 15) is 0 Å². The summed E-state index contributed by atoms with van der Waals surface area (Å²) in [5.74, 6) is 0. The highest BCUT2D eigenvalue weighted by atomic mass is 15.3. The van der Waals surface area contributed by atoms with E-state index in [1.807, 2.05) is 0 Å². The van der Waals surface area contributed by atoms with Crippen molar-refractivity contribution in [1.82, 2.24) is 9.80 Å². The molecule has 0 N–H and O–H groups in total. The van der Waals surface area contributed by atoms with Crippen LogP contribution >= 0.6 is 0 Å². The molecule has 2 saturated heterocycles. The summed E-state index contributed by atoms with van der Waals surface area (Å²) in [6.07, 6.45) is 8.68. The number of hydrogen-bond acceptors (Lipinski definition) is 2. The summed E-state index contributed by atoms with van der Waals surface area (Å²) < 4.78 is 0. The molecule has 0 aromatic heterocycles. The SMILES string of the molecule is CCC1(CN2CCCN3CCCC3C2)CC1. The fraction of sp³-hybridized carbons (Fsp3) is 1.00. The molecule has 3 fully saturated rings. The van der Waals surface area contributed by atoms with Gasteiger partial charge in [-0.25, -0.2) is 0 Å². The van der Waals surface area contributed by atoms with E-state index < -0.39 is 0 Å². The van der Waals surface area contributed by atoms with Crippen LogP contribution in [0.1, 0.15) is 45.4 Å². The summed E-state index contributed by atoms with van der Waals surface area (Å²) in [5, 5.41) is 0. The first-order chi connectivity index (χ1) is 7.81. The van der Waals surface area contributed by atoms with Gasteiger partial charge in [0.25, 0.3) is 0 Å². The predicted molar refractivity (Wildman–Crippen MR) is 67.6 cm³/mol. The molecule has 2 aliphatic heterocycles. The standard InChI is InChI=1S/C14H26N2/c1-2-14(6-7-14)12-15-8-4-10-16-9-3-5-13(16)11-15/h13H,2-12H2,1H3. The van der Waals surface area contributed by atoms with E-state index in [4.69, 9.17) is 0 Å². The molecule has 1 atom stereocenters. The Labute approximate surface area is 100.0 Å². The first-order valence-electron chi connectivity index (χ1n) is 7.28. The molecule has 0 aromatic carbocycles. The molecule has 3 rings (SSSR count). The summed E-state index contributed by atoms with van der Waals surface area (Å²) in [4.78, 5) is 5.53. The lowest BCUT2D eigenvalue weighted by atomic mass is 10.0. The van der Waals surface area contributed by atoms with E-state index in [1.54, 1.807) is 0 Å². The Morgan fingerprint density at radius 3 is 2.69 bits per heavy atom. The van der Waals surface area contributed by atoms with Crippen molar-refractivity contribution in [3.8, 4) is 0 Å². The summed E-state index contributed by atoms with van der Waals surface area (Å²) in [5.41, 5.74) is 0.744. The summed E-state index contributed by atoms with van der Waals surface area (Å²) in [6.45, 7) is 9.23. The Hall–Kier alpha value is -0.0800. The lowest BCUT2D eigenvalue weighted by Crippen LogP contribution is -2.39. The fourth-order valence-electron chi connectivity index (χ4n) is 3.70. The molecule has 1 unspecified atom stereocenters. The molecule has 16 heavy (non-hydrogen) atoms. The van der Waals surface area contributed by atoms with Crippen LogP contribution in [0.15, 0.2) is 0 Å². The molecular weight excluding hydrogens is 196 g/mol. The third-order valence-corrected chi connectivity index (χ3v) is 5.15. The Kier molecular flexibility index (Phi) is 2.97. The Bertz CT molecular complexity index is 247. The first kappa shape index (κ1) is 11.0. The van der Waals surface area contributed by atoms with Crippen LogP contribution in [0.2, 0.25) is 0 Å². The van der Waals surface area contributed by atoms with Crippen molar-refractivity contribution in [2.24, 2.45) is 5.41 Å². The van der Waals surface area contributed by atoms with E-state index >= 15 is 0 Å². The van der Waals surface area contributed by atoms with Crippen molar-refractivity contribution in [2.75, 3.05) is 32.7 Å². The van der Waals surface area contributed by atoms with Crippen LogP contribution < -0.4 is 0 Å². The lowest BCUT2D eigenvalue weighted by Gasteiger charge is -2.28. The first-order valence-corrected chi connectivity index (χ1v) is 7.28. The van der Waals surface area contributed by atoms with E-state index in [0.29, 0.717) is 0 Å². The Balaban J connectivity index is 1.58. The topological polar surface area (TPSA) is 6.48 Å². The molecule has 92 valence electrons. The maximum atomic E-state index is 2.78. The molecule has 2 heterocycles. The zero-order valence-corrected chi connectivity index (χ0v) is 10.7. The largest absolute Gasteiger partial charge is 0.301 e. The van der Waals surface area contributed by atoms with Crippen LogP contribution in [0.5, 0.6) is 0 Å². The van der Waals surface area contributed by atoms with Crippen LogP contribution in [0, 0.1) is 5.41 Å². The summed E-state index contributed by atoms with van der Waals surface area (Å²) in [6, 6.07) is 0.898. The average Bonchev–Trinajstić information content (AvgIpc) is 2.98. The van der Waals surface area contributed by atoms with Crippen LogP contribution in [-0.4, -0.2) is 48.6 Å². The summed E-state index contributed by atoms with van der Waals surface area (Å²) >= 11 is 0. The van der Waals surface area contributed by atoms with E-state index in [1.165, 1.54) is 71.2 Å². The van der Waals surface area contributed by atoms with Crippen molar-refractivity contribution >= 4 is 0 Å². The van der Waals surface area contributed by atoms with Gasteiger partial charge in [0, 0.05) is 19.1 Å². The molecule has 0 aromatic rings. The minimum Gasteiger partial charge on any atom is -0.301 e. The zero-order chi connectivity index (χ0) is 11.0. The molecule has 1 saturated carbocycles. The van der Waals surface area contributed by atoms with Gasteiger partial charge in [0.1, 0.15) is 0 Å². The summed E-state index contributed by atoms with van der Waals surface area (Å²) in [7, 11) is 0. The molecule has 2 heteroatoms. The highest BCUT2D eigenvalue weighted by Crippen LogP contribution is 2.49. The van der Waals surface area contributed by atoms with Crippen molar-refractivity contribution in [1.29, 1.82) is 0 Å². The van der Waals surface area contributed by atoms with Crippen LogP contribution in [0.3, 0.4) is 0 Å². The molecule has 0 amide bonds. The quantitative estimate of drug-likeness (QED) is 0.723. The minimum atomic E-state index is 0.744. The van der Waals surface area contributed by atoms with Gasteiger partial charge in [-0.2, -0.15) is 0 Å². The molecular formula is C14H26N2. The zero-order valence-electron chi connectivity index (χ0n) is 10.7. The molecule has 0 spiro atoms. The monoisotopic (exact) mass is 222 g/mol. The van der Waals surface area contributed by atoms with E-state index in [0.717, 1.165) is 11.5 Å². The molecule has 0 radical (unpaired) electrons. The van der Waals surface area contributed by atoms with Crippen LogP contribution in [-0.2, 0) is 0 Å². The van der Waals surface area contributed by atoms with Gasteiger partial charge in [0.2, 0.25) is 0 Å². The number of fused-ring (bicyclic) bond motifs is 1. The molecule has 1 aliphatic carbocycles. The van der Waals surface area contributed by atoms with Gasteiger partial charge in [-0.3, -0.25) is 4.90 Å². The van der Waals surface area contributed by atoms with Crippen molar-refractivity contribution in [3.63, 3.8) is 0 Å². The second-order valence-electron chi connectivity index (χ2n) is 6.27.